The minimum atomic E-state index is -0.324. The second-order valence-corrected chi connectivity index (χ2v) is 7.61. The summed E-state index contributed by atoms with van der Waals surface area (Å²) in [5, 5.41) is 9.97. The number of hydrogen-bond donors (Lipinski definition) is 0. The van der Waals surface area contributed by atoms with Crippen LogP contribution in [0.15, 0.2) is 53.4 Å². The number of nitrogens with zero attached hydrogens (tertiary/aromatic N) is 3. The summed E-state index contributed by atoms with van der Waals surface area (Å²) >= 11 is 0.942. The maximum absolute atomic E-state index is 12.9. The zero-order valence-corrected chi connectivity index (χ0v) is 16.3. The smallest absolute Gasteiger partial charge is 0.293 e. The fraction of sp³-hybridized carbons (Fsp3) is 0.136. The highest BCUT2D eigenvalue weighted by Crippen LogP contribution is 2.36. The van der Waals surface area contributed by atoms with Crippen LogP contribution < -0.4 is 0 Å². The van der Waals surface area contributed by atoms with Crippen molar-refractivity contribution in [2.24, 2.45) is 7.05 Å². The van der Waals surface area contributed by atoms with Crippen LogP contribution in [-0.4, -0.2) is 20.6 Å². The molecule has 2 amide bonds. The van der Waals surface area contributed by atoms with E-state index in [4.69, 9.17) is 0 Å². The van der Waals surface area contributed by atoms with Gasteiger partial charge >= 0.3 is 0 Å². The summed E-state index contributed by atoms with van der Waals surface area (Å²) in [5.41, 5.74) is 4.18. The molecule has 0 radical (unpaired) electrons. The highest BCUT2D eigenvalue weighted by molar-refractivity contribution is 8.18. The van der Waals surface area contributed by atoms with Crippen molar-refractivity contribution in [3.05, 3.63) is 75.8 Å². The summed E-state index contributed by atoms with van der Waals surface area (Å²) in [6, 6.07) is 17.1. The first kappa shape index (κ1) is 18.1. The average molecular weight is 387 g/mol. The van der Waals surface area contributed by atoms with Gasteiger partial charge in [0.2, 0.25) is 0 Å². The van der Waals surface area contributed by atoms with Crippen molar-refractivity contribution >= 4 is 39.9 Å². The van der Waals surface area contributed by atoms with E-state index in [1.54, 1.807) is 30.3 Å². The molecule has 0 N–H and O–H groups in total. The molecule has 0 saturated carbocycles. The summed E-state index contributed by atoms with van der Waals surface area (Å²) in [7, 11) is 1.99. The van der Waals surface area contributed by atoms with Crippen molar-refractivity contribution in [2.75, 3.05) is 0 Å². The Balaban J connectivity index is 1.70. The number of thioether (sulfide) groups is 1. The normalized spacial score (nSPS) is 15.6. The quantitative estimate of drug-likeness (QED) is 0.616. The number of aromatic nitrogens is 1. The lowest BCUT2D eigenvalue weighted by molar-refractivity contribution is -0.123. The van der Waals surface area contributed by atoms with Crippen LogP contribution in [0.4, 0.5) is 4.79 Å². The standard InChI is InChI=1S/C22H17N3O2S/c1-14-18(17-9-5-6-10-19(17)24(14)2)11-20-21(26)25(22(27)28-20)13-16-8-4-3-7-15(16)12-23/h3-11H,13H2,1-2H3. The Bertz CT molecular complexity index is 1200. The fourth-order valence-electron chi connectivity index (χ4n) is 3.44. The van der Waals surface area contributed by atoms with E-state index in [0.717, 1.165) is 33.9 Å². The van der Waals surface area contributed by atoms with Crippen LogP contribution in [-0.2, 0) is 18.4 Å². The van der Waals surface area contributed by atoms with Crippen LogP contribution in [0, 0.1) is 18.3 Å². The van der Waals surface area contributed by atoms with Crippen LogP contribution >= 0.6 is 11.8 Å². The highest BCUT2D eigenvalue weighted by atomic mass is 32.2. The lowest BCUT2D eigenvalue weighted by atomic mass is 10.1. The minimum absolute atomic E-state index is 0.0975. The number of fused-ring (bicyclic) bond motifs is 1. The van der Waals surface area contributed by atoms with E-state index in [1.807, 2.05) is 38.2 Å². The van der Waals surface area contributed by atoms with Crippen LogP contribution in [0.3, 0.4) is 0 Å². The molecule has 5 nitrogen and oxygen atoms in total. The second kappa shape index (κ2) is 7.02. The third kappa shape index (κ3) is 2.90. The summed E-state index contributed by atoms with van der Waals surface area (Å²) in [5.74, 6) is -0.324. The Morgan fingerprint density at radius 2 is 1.82 bits per heavy atom. The van der Waals surface area contributed by atoms with Gasteiger partial charge in [-0.1, -0.05) is 36.4 Å². The molecule has 1 aliphatic heterocycles. The van der Waals surface area contributed by atoms with Crippen molar-refractivity contribution in [1.82, 2.24) is 9.47 Å². The van der Waals surface area contributed by atoms with Gasteiger partial charge in [-0.25, -0.2) is 0 Å². The predicted molar refractivity (Wildman–Crippen MR) is 110 cm³/mol. The zero-order valence-electron chi connectivity index (χ0n) is 15.5. The van der Waals surface area contributed by atoms with E-state index >= 15 is 0 Å². The number of hydrogen-bond acceptors (Lipinski definition) is 4. The van der Waals surface area contributed by atoms with Gasteiger partial charge in [-0.15, -0.1) is 0 Å². The SMILES string of the molecule is Cc1c(C=C2SC(=O)N(Cc3ccccc3C#N)C2=O)c2ccccc2n1C. The number of aryl methyl sites for hydroxylation is 1. The molecular formula is C22H17N3O2S. The molecule has 0 spiro atoms. The Labute approximate surface area is 166 Å². The topological polar surface area (TPSA) is 66.1 Å². The van der Waals surface area contributed by atoms with Gasteiger partial charge in [0, 0.05) is 29.2 Å². The van der Waals surface area contributed by atoms with E-state index in [0.29, 0.717) is 16.0 Å². The molecule has 4 rings (SSSR count). The number of nitriles is 1. The van der Waals surface area contributed by atoms with E-state index in [2.05, 4.69) is 10.6 Å². The molecule has 0 aliphatic carbocycles. The number of rotatable bonds is 3. The third-order valence-corrected chi connectivity index (χ3v) is 5.97. The Hall–Kier alpha value is -3.30. The van der Waals surface area contributed by atoms with Gasteiger partial charge in [-0.05, 0) is 42.5 Å². The van der Waals surface area contributed by atoms with Crippen LogP contribution in [0.25, 0.3) is 17.0 Å². The first-order chi connectivity index (χ1) is 13.5. The van der Waals surface area contributed by atoms with E-state index in [9.17, 15) is 14.9 Å². The molecule has 0 unspecified atom stereocenters. The number of imide groups is 1. The van der Waals surface area contributed by atoms with Crippen molar-refractivity contribution in [1.29, 1.82) is 5.26 Å². The lowest BCUT2D eigenvalue weighted by Gasteiger charge is -2.13. The van der Waals surface area contributed by atoms with Crippen LogP contribution in [0.1, 0.15) is 22.4 Å². The van der Waals surface area contributed by atoms with Crippen molar-refractivity contribution in [3.8, 4) is 6.07 Å². The van der Waals surface area contributed by atoms with Crippen LogP contribution in [0.2, 0.25) is 0 Å². The molecule has 2 heterocycles. The van der Waals surface area contributed by atoms with Gasteiger partial charge in [0.15, 0.2) is 0 Å². The van der Waals surface area contributed by atoms with Crippen molar-refractivity contribution in [2.45, 2.75) is 13.5 Å². The van der Waals surface area contributed by atoms with Gasteiger partial charge < -0.3 is 4.57 Å². The predicted octanol–water partition coefficient (Wildman–Crippen LogP) is 4.59. The van der Waals surface area contributed by atoms with E-state index in [-0.39, 0.29) is 17.7 Å². The highest BCUT2D eigenvalue weighted by Gasteiger charge is 2.35. The maximum atomic E-state index is 12.9. The Kier molecular flexibility index (Phi) is 4.54. The maximum Gasteiger partial charge on any atom is 0.293 e. The summed E-state index contributed by atoms with van der Waals surface area (Å²) in [6.45, 7) is 2.10. The molecule has 1 fully saturated rings. The van der Waals surface area contributed by atoms with Crippen molar-refractivity contribution < 1.29 is 9.59 Å². The third-order valence-electron chi connectivity index (χ3n) is 5.06. The number of para-hydroxylation sites is 1. The molecule has 6 heteroatoms. The largest absolute Gasteiger partial charge is 0.347 e. The molecule has 2 aromatic carbocycles. The monoisotopic (exact) mass is 387 g/mol. The molecule has 138 valence electrons. The molecule has 0 atom stereocenters. The Morgan fingerprint density at radius 3 is 2.61 bits per heavy atom. The van der Waals surface area contributed by atoms with E-state index < -0.39 is 0 Å². The number of carbonyl (C=O) groups is 2. The van der Waals surface area contributed by atoms with Crippen LogP contribution in [0.5, 0.6) is 0 Å². The van der Waals surface area contributed by atoms with Gasteiger partial charge in [-0.3, -0.25) is 14.5 Å². The molecule has 1 aromatic heterocycles. The molecule has 1 saturated heterocycles. The van der Waals surface area contributed by atoms with Gasteiger partial charge in [0.05, 0.1) is 23.1 Å². The molecule has 0 bridgehead atoms. The fourth-order valence-corrected chi connectivity index (χ4v) is 4.26. The molecule has 3 aromatic rings. The summed E-state index contributed by atoms with van der Waals surface area (Å²) in [6.07, 6.45) is 1.80. The second-order valence-electron chi connectivity index (χ2n) is 6.61. The number of benzene rings is 2. The average Bonchev–Trinajstić information content (AvgIpc) is 3.11. The molecular weight excluding hydrogens is 370 g/mol. The van der Waals surface area contributed by atoms with E-state index in [1.165, 1.54) is 4.90 Å². The van der Waals surface area contributed by atoms with Gasteiger partial charge in [0.25, 0.3) is 11.1 Å². The lowest BCUT2D eigenvalue weighted by Crippen LogP contribution is -2.27. The number of carbonyl (C=O) groups excluding carboxylic acids is 2. The summed E-state index contributed by atoms with van der Waals surface area (Å²) < 4.78 is 2.08. The van der Waals surface area contributed by atoms with Gasteiger partial charge in [0.1, 0.15) is 0 Å². The van der Waals surface area contributed by atoms with Gasteiger partial charge in [-0.2, -0.15) is 5.26 Å². The summed E-state index contributed by atoms with van der Waals surface area (Å²) in [4.78, 5) is 27.0. The van der Waals surface area contributed by atoms with Crippen molar-refractivity contribution in [3.63, 3.8) is 0 Å². The minimum Gasteiger partial charge on any atom is -0.347 e. The zero-order chi connectivity index (χ0) is 19.8. The molecule has 1 aliphatic rings. The first-order valence-electron chi connectivity index (χ1n) is 8.78. The first-order valence-corrected chi connectivity index (χ1v) is 9.60. The molecule has 28 heavy (non-hydrogen) atoms. The Morgan fingerprint density at radius 1 is 1.11 bits per heavy atom. The number of amides is 2.